The third kappa shape index (κ3) is 4.10. The molecule has 1 rings (SSSR count). The van der Waals surface area contributed by atoms with Crippen molar-refractivity contribution in [1.82, 2.24) is 4.98 Å². The van der Waals surface area contributed by atoms with E-state index in [0.717, 1.165) is 11.3 Å². The number of carbonyl (C=O) groups is 1. The summed E-state index contributed by atoms with van der Waals surface area (Å²) < 4.78 is 0. The molecule has 0 spiro atoms. The highest BCUT2D eigenvalue weighted by Gasteiger charge is 2.03. The highest BCUT2D eigenvalue weighted by atomic mass is 35.5. The van der Waals surface area contributed by atoms with E-state index in [0.29, 0.717) is 17.3 Å². The van der Waals surface area contributed by atoms with Crippen LogP contribution in [0.2, 0.25) is 5.15 Å². The minimum Gasteiger partial charge on any atom is -0.325 e. The average Bonchev–Trinajstić information content (AvgIpc) is 2.20. The number of rotatable bonds is 4. The van der Waals surface area contributed by atoms with E-state index in [2.05, 4.69) is 10.3 Å². The number of hydrogen-bond acceptors (Lipinski definition) is 3. The Morgan fingerprint density at radius 2 is 2.40 bits per heavy atom. The molecule has 82 valence electrons. The molecule has 0 saturated heterocycles. The van der Waals surface area contributed by atoms with Crippen LogP contribution in [0.15, 0.2) is 12.3 Å². The first-order valence-electron chi connectivity index (χ1n) is 4.54. The molecule has 0 aliphatic heterocycles. The van der Waals surface area contributed by atoms with Crippen LogP contribution in [-0.2, 0) is 4.79 Å². The first-order chi connectivity index (χ1) is 7.13. The molecule has 0 aliphatic rings. The highest BCUT2D eigenvalue weighted by Crippen LogP contribution is 2.16. The summed E-state index contributed by atoms with van der Waals surface area (Å²) >= 11 is 7.42. The molecule has 1 aromatic rings. The van der Waals surface area contributed by atoms with Crippen molar-refractivity contribution in [3.63, 3.8) is 0 Å². The van der Waals surface area contributed by atoms with Crippen LogP contribution in [0.3, 0.4) is 0 Å². The summed E-state index contributed by atoms with van der Waals surface area (Å²) in [4.78, 5) is 15.3. The van der Waals surface area contributed by atoms with Crippen molar-refractivity contribution in [1.29, 1.82) is 0 Å². The zero-order valence-electron chi connectivity index (χ0n) is 8.71. The number of aryl methyl sites for hydroxylation is 1. The molecule has 1 amide bonds. The van der Waals surface area contributed by atoms with Crippen LogP contribution in [0.25, 0.3) is 0 Å². The molecular weight excluding hydrogens is 232 g/mol. The van der Waals surface area contributed by atoms with Gasteiger partial charge in [-0.3, -0.25) is 4.79 Å². The van der Waals surface area contributed by atoms with E-state index in [-0.39, 0.29) is 5.91 Å². The maximum absolute atomic E-state index is 11.4. The molecule has 1 aromatic heterocycles. The topological polar surface area (TPSA) is 42.0 Å². The molecule has 3 nitrogen and oxygen atoms in total. The van der Waals surface area contributed by atoms with Gasteiger partial charge in [-0.15, -0.1) is 0 Å². The van der Waals surface area contributed by atoms with Crippen LogP contribution in [0.5, 0.6) is 0 Å². The molecule has 0 radical (unpaired) electrons. The molecule has 0 aliphatic carbocycles. The van der Waals surface area contributed by atoms with Gasteiger partial charge in [0.05, 0.1) is 11.9 Å². The van der Waals surface area contributed by atoms with Gasteiger partial charge in [0.2, 0.25) is 5.91 Å². The Bertz CT molecular complexity index is 357. The maximum Gasteiger partial charge on any atom is 0.225 e. The molecule has 0 aromatic carbocycles. The number of hydrogen-bond donors (Lipinski definition) is 1. The number of carbonyl (C=O) groups excluding carboxylic acids is 1. The van der Waals surface area contributed by atoms with Gasteiger partial charge in [-0.2, -0.15) is 11.8 Å². The Kier molecular flexibility index (Phi) is 4.91. The van der Waals surface area contributed by atoms with E-state index in [1.165, 1.54) is 0 Å². The van der Waals surface area contributed by atoms with Gasteiger partial charge < -0.3 is 5.32 Å². The van der Waals surface area contributed by atoms with Gasteiger partial charge in [0.25, 0.3) is 0 Å². The summed E-state index contributed by atoms with van der Waals surface area (Å²) in [7, 11) is 0. The van der Waals surface area contributed by atoms with Gasteiger partial charge in [0, 0.05) is 12.2 Å². The lowest BCUT2D eigenvalue weighted by Crippen LogP contribution is -2.12. The number of amides is 1. The van der Waals surface area contributed by atoms with Crippen LogP contribution >= 0.6 is 23.4 Å². The average molecular weight is 245 g/mol. The Hall–Kier alpha value is -0.740. The Morgan fingerprint density at radius 3 is 3.00 bits per heavy atom. The zero-order valence-corrected chi connectivity index (χ0v) is 10.3. The SMILES string of the molecule is CSCCC(=O)Nc1cnc(Cl)c(C)c1. The smallest absolute Gasteiger partial charge is 0.225 e. The Morgan fingerprint density at radius 1 is 1.67 bits per heavy atom. The van der Waals surface area contributed by atoms with Crippen LogP contribution < -0.4 is 5.32 Å². The summed E-state index contributed by atoms with van der Waals surface area (Å²) in [6.45, 7) is 1.85. The second-order valence-corrected chi connectivity index (χ2v) is 4.47. The van der Waals surface area contributed by atoms with Gasteiger partial charge in [0.15, 0.2) is 0 Å². The zero-order chi connectivity index (χ0) is 11.3. The number of thioether (sulfide) groups is 1. The van der Waals surface area contributed by atoms with Gasteiger partial charge in [-0.05, 0) is 24.8 Å². The van der Waals surface area contributed by atoms with E-state index < -0.39 is 0 Å². The predicted octanol–water partition coefficient (Wildman–Crippen LogP) is 2.74. The molecule has 0 saturated carbocycles. The van der Waals surface area contributed by atoms with Gasteiger partial charge >= 0.3 is 0 Å². The first-order valence-corrected chi connectivity index (χ1v) is 6.31. The largest absolute Gasteiger partial charge is 0.325 e. The quantitative estimate of drug-likeness (QED) is 0.829. The standard InChI is InChI=1S/C10H13ClN2OS/c1-7-5-8(6-12-10(7)11)13-9(14)3-4-15-2/h5-6H,3-4H2,1-2H3,(H,13,14). The second kappa shape index (κ2) is 5.98. The fourth-order valence-electron chi connectivity index (χ4n) is 1.04. The normalized spacial score (nSPS) is 10.1. The highest BCUT2D eigenvalue weighted by molar-refractivity contribution is 7.98. The lowest BCUT2D eigenvalue weighted by Gasteiger charge is -2.05. The molecule has 0 atom stereocenters. The minimum absolute atomic E-state index is 0.00729. The van der Waals surface area contributed by atoms with Gasteiger partial charge in [0.1, 0.15) is 5.15 Å². The van der Waals surface area contributed by atoms with Crippen LogP contribution in [-0.4, -0.2) is 22.9 Å². The van der Waals surface area contributed by atoms with Gasteiger partial charge in [-0.1, -0.05) is 11.6 Å². The lowest BCUT2D eigenvalue weighted by molar-refractivity contribution is -0.115. The van der Waals surface area contributed by atoms with E-state index in [1.807, 2.05) is 19.2 Å². The number of nitrogens with zero attached hydrogens (tertiary/aromatic N) is 1. The first kappa shape index (κ1) is 12.3. The van der Waals surface area contributed by atoms with Gasteiger partial charge in [-0.25, -0.2) is 4.98 Å². The van der Waals surface area contributed by atoms with Crippen molar-refractivity contribution in [2.24, 2.45) is 0 Å². The number of pyridine rings is 1. The van der Waals surface area contributed by atoms with Crippen molar-refractivity contribution in [2.75, 3.05) is 17.3 Å². The molecule has 15 heavy (non-hydrogen) atoms. The van der Waals surface area contributed by atoms with Crippen LogP contribution in [0.4, 0.5) is 5.69 Å². The van der Waals surface area contributed by atoms with Crippen molar-refractivity contribution < 1.29 is 4.79 Å². The third-order valence-electron chi connectivity index (χ3n) is 1.83. The fourth-order valence-corrected chi connectivity index (χ4v) is 1.54. The molecular formula is C10H13ClN2OS. The van der Waals surface area contributed by atoms with E-state index in [1.54, 1.807) is 18.0 Å². The molecule has 5 heteroatoms. The van der Waals surface area contributed by atoms with E-state index in [9.17, 15) is 4.79 Å². The summed E-state index contributed by atoms with van der Waals surface area (Å²) in [5, 5.41) is 3.24. The molecule has 1 heterocycles. The molecule has 1 N–H and O–H groups in total. The van der Waals surface area contributed by atoms with Crippen molar-refractivity contribution in [3.05, 3.63) is 23.0 Å². The number of anilines is 1. The monoisotopic (exact) mass is 244 g/mol. The summed E-state index contributed by atoms with van der Waals surface area (Å²) in [6.07, 6.45) is 4.05. The summed E-state index contributed by atoms with van der Waals surface area (Å²) in [6, 6.07) is 1.81. The third-order valence-corrected chi connectivity index (χ3v) is 2.84. The minimum atomic E-state index is 0.00729. The molecule has 0 unspecified atom stereocenters. The van der Waals surface area contributed by atoms with Crippen LogP contribution in [0.1, 0.15) is 12.0 Å². The number of nitrogens with one attached hydrogen (secondary N) is 1. The second-order valence-electron chi connectivity index (χ2n) is 3.12. The van der Waals surface area contributed by atoms with Crippen molar-refractivity contribution in [2.45, 2.75) is 13.3 Å². The predicted molar refractivity (Wildman–Crippen MR) is 65.6 cm³/mol. The maximum atomic E-state index is 11.4. The Labute approximate surface area is 98.6 Å². The number of aromatic nitrogens is 1. The number of halogens is 1. The van der Waals surface area contributed by atoms with Crippen molar-refractivity contribution in [3.8, 4) is 0 Å². The summed E-state index contributed by atoms with van der Waals surface area (Å²) in [5.41, 5.74) is 1.56. The lowest BCUT2D eigenvalue weighted by atomic mass is 10.3. The van der Waals surface area contributed by atoms with E-state index in [4.69, 9.17) is 11.6 Å². The molecule has 0 bridgehead atoms. The molecule has 0 fully saturated rings. The van der Waals surface area contributed by atoms with Crippen molar-refractivity contribution >= 4 is 35.0 Å². The fraction of sp³-hybridized carbons (Fsp3) is 0.400. The van der Waals surface area contributed by atoms with Crippen LogP contribution in [0, 0.1) is 6.92 Å². The Balaban J connectivity index is 2.57. The summed E-state index contributed by atoms with van der Waals surface area (Å²) in [5.74, 6) is 0.833. The van der Waals surface area contributed by atoms with E-state index >= 15 is 0 Å².